The van der Waals surface area contributed by atoms with Gasteiger partial charge in [0, 0.05) is 25.9 Å². The van der Waals surface area contributed by atoms with E-state index in [-0.39, 0.29) is 5.91 Å². The van der Waals surface area contributed by atoms with E-state index in [1.807, 2.05) is 42.5 Å². The van der Waals surface area contributed by atoms with E-state index in [1.165, 1.54) is 0 Å². The molecule has 0 fully saturated rings. The Bertz CT molecular complexity index is 936. The molecule has 0 aliphatic rings. The molecule has 0 saturated carbocycles. The lowest BCUT2D eigenvalue weighted by Gasteiger charge is -2.12. The molecular weight excluding hydrogens is 344 g/mol. The lowest BCUT2D eigenvalue weighted by Crippen LogP contribution is -2.36. The highest BCUT2D eigenvalue weighted by Gasteiger charge is 2.20. The van der Waals surface area contributed by atoms with Crippen molar-refractivity contribution in [1.29, 1.82) is 0 Å². The van der Waals surface area contributed by atoms with E-state index in [9.17, 15) is 4.79 Å². The van der Waals surface area contributed by atoms with Gasteiger partial charge in [-0.15, -0.1) is 0 Å². The van der Waals surface area contributed by atoms with Crippen molar-refractivity contribution in [2.75, 3.05) is 28.3 Å². The number of methoxy groups -OCH3 is 2. The summed E-state index contributed by atoms with van der Waals surface area (Å²) in [6.45, 7) is 0. The number of nitrogens with zero attached hydrogens (tertiary/aromatic N) is 3. The second-order valence-corrected chi connectivity index (χ2v) is 6.08. The molecule has 140 valence electrons. The number of para-hydroxylation sites is 1. The SMILES string of the molecule is COc1ccc(-c2nn(-c3ccccc3)cc2C(=O)NN(C)C)cc1OC. The quantitative estimate of drug-likeness (QED) is 0.680. The molecule has 3 aromatic rings. The molecule has 0 radical (unpaired) electrons. The Labute approximate surface area is 158 Å². The summed E-state index contributed by atoms with van der Waals surface area (Å²) in [6.07, 6.45) is 1.72. The molecule has 1 amide bonds. The van der Waals surface area contributed by atoms with Crippen LogP contribution in [0, 0.1) is 0 Å². The van der Waals surface area contributed by atoms with E-state index in [4.69, 9.17) is 9.47 Å². The molecule has 2 aromatic carbocycles. The molecule has 1 N–H and O–H groups in total. The van der Waals surface area contributed by atoms with Crippen molar-refractivity contribution < 1.29 is 14.3 Å². The zero-order valence-corrected chi connectivity index (χ0v) is 15.8. The third-order valence-electron chi connectivity index (χ3n) is 3.96. The fourth-order valence-electron chi connectivity index (χ4n) is 2.71. The highest BCUT2D eigenvalue weighted by Crippen LogP contribution is 2.33. The number of carbonyl (C=O) groups is 1. The van der Waals surface area contributed by atoms with Gasteiger partial charge in [-0.2, -0.15) is 5.10 Å². The largest absolute Gasteiger partial charge is 0.493 e. The fourth-order valence-corrected chi connectivity index (χ4v) is 2.71. The third-order valence-corrected chi connectivity index (χ3v) is 3.96. The highest BCUT2D eigenvalue weighted by atomic mass is 16.5. The normalized spacial score (nSPS) is 10.7. The highest BCUT2D eigenvalue weighted by molar-refractivity contribution is 5.99. The predicted molar refractivity (Wildman–Crippen MR) is 103 cm³/mol. The number of hydrogen-bond donors (Lipinski definition) is 1. The van der Waals surface area contributed by atoms with Gasteiger partial charge in [0.15, 0.2) is 11.5 Å². The van der Waals surface area contributed by atoms with Crippen molar-refractivity contribution in [1.82, 2.24) is 20.2 Å². The standard InChI is InChI=1S/C20H22N4O3/c1-23(2)22-20(25)16-13-24(15-8-6-5-7-9-15)21-19(16)14-10-11-17(26-3)18(12-14)27-4/h5-13H,1-4H3,(H,22,25). The summed E-state index contributed by atoms with van der Waals surface area (Å²) in [7, 11) is 6.67. The van der Waals surface area contributed by atoms with E-state index in [0.717, 1.165) is 11.3 Å². The first-order chi connectivity index (χ1) is 13.0. The van der Waals surface area contributed by atoms with Crippen molar-refractivity contribution in [3.63, 3.8) is 0 Å². The lowest BCUT2D eigenvalue weighted by atomic mass is 10.1. The van der Waals surface area contributed by atoms with Crippen LogP contribution in [-0.4, -0.2) is 49.0 Å². The number of aromatic nitrogens is 2. The average molecular weight is 366 g/mol. The van der Waals surface area contributed by atoms with Gasteiger partial charge in [0.05, 0.1) is 25.5 Å². The number of nitrogens with one attached hydrogen (secondary N) is 1. The fraction of sp³-hybridized carbons (Fsp3) is 0.200. The summed E-state index contributed by atoms with van der Waals surface area (Å²) >= 11 is 0. The summed E-state index contributed by atoms with van der Waals surface area (Å²) in [6, 6.07) is 15.1. The van der Waals surface area contributed by atoms with Crippen molar-refractivity contribution in [2.24, 2.45) is 0 Å². The summed E-state index contributed by atoms with van der Waals surface area (Å²) in [5.74, 6) is 0.943. The monoisotopic (exact) mass is 366 g/mol. The predicted octanol–water partition coefficient (Wildman–Crippen LogP) is 2.76. The first-order valence-corrected chi connectivity index (χ1v) is 8.39. The first-order valence-electron chi connectivity index (χ1n) is 8.39. The summed E-state index contributed by atoms with van der Waals surface area (Å²) < 4.78 is 12.4. The van der Waals surface area contributed by atoms with Crippen LogP contribution in [0.4, 0.5) is 0 Å². The Morgan fingerprint density at radius 3 is 2.37 bits per heavy atom. The third kappa shape index (κ3) is 3.93. The number of carbonyl (C=O) groups excluding carboxylic acids is 1. The lowest BCUT2D eigenvalue weighted by molar-refractivity contribution is 0.0857. The Balaban J connectivity index is 2.12. The average Bonchev–Trinajstić information content (AvgIpc) is 3.13. The van der Waals surface area contributed by atoms with Crippen molar-refractivity contribution >= 4 is 5.91 Å². The van der Waals surface area contributed by atoms with Gasteiger partial charge in [0.2, 0.25) is 0 Å². The van der Waals surface area contributed by atoms with Gasteiger partial charge in [0.1, 0.15) is 5.69 Å². The zero-order valence-electron chi connectivity index (χ0n) is 15.8. The summed E-state index contributed by atoms with van der Waals surface area (Å²) in [4.78, 5) is 12.7. The molecule has 27 heavy (non-hydrogen) atoms. The maximum atomic E-state index is 12.7. The molecule has 1 aromatic heterocycles. The van der Waals surface area contributed by atoms with Crippen LogP contribution in [0.1, 0.15) is 10.4 Å². The number of ether oxygens (including phenoxy) is 2. The molecule has 0 saturated heterocycles. The van der Waals surface area contributed by atoms with E-state index < -0.39 is 0 Å². The maximum Gasteiger partial charge on any atom is 0.269 e. The Hall–Kier alpha value is -3.32. The summed E-state index contributed by atoms with van der Waals surface area (Å²) in [5, 5.41) is 6.25. The van der Waals surface area contributed by atoms with Gasteiger partial charge >= 0.3 is 0 Å². The molecule has 0 aliphatic carbocycles. The first kappa shape index (κ1) is 18.5. The van der Waals surface area contributed by atoms with Crippen LogP contribution in [0.2, 0.25) is 0 Å². The molecule has 3 rings (SSSR count). The van der Waals surface area contributed by atoms with Gasteiger partial charge in [-0.3, -0.25) is 10.2 Å². The van der Waals surface area contributed by atoms with Crippen molar-refractivity contribution in [2.45, 2.75) is 0 Å². The smallest absolute Gasteiger partial charge is 0.269 e. The van der Waals surface area contributed by atoms with E-state index in [0.29, 0.717) is 22.8 Å². The minimum absolute atomic E-state index is 0.244. The number of hydrazine groups is 1. The molecule has 7 heteroatoms. The second kappa shape index (κ2) is 7.92. The zero-order chi connectivity index (χ0) is 19.4. The number of hydrogen-bond acceptors (Lipinski definition) is 5. The van der Waals surface area contributed by atoms with E-state index in [1.54, 1.807) is 50.3 Å². The van der Waals surface area contributed by atoms with Crippen molar-refractivity contribution in [3.05, 3.63) is 60.3 Å². The Morgan fingerprint density at radius 1 is 1.04 bits per heavy atom. The van der Waals surface area contributed by atoms with Crippen LogP contribution < -0.4 is 14.9 Å². The molecule has 0 bridgehead atoms. The van der Waals surface area contributed by atoms with Gasteiger partial charge < -0.3 is 9.47 Å². The van der Waals surface area contributed by atoms with Gasteiger partial charge in [-0.05, 0) is 30.3 Å². The Kier molecular flexibility index (Phi) is 5.42. The molecule has 0 aliphatic heterocycles. The number of benzene rings is 2. The minimum Gasteiger partial charge on any atom is -0.493 e. The molecular formula is C20H22N4O3. The molecule has 0 unspecified atom stereocenters. The molecule has 0 spiro atoms. The molecule has 0 atom stereocenters. The van der Waals surface area contributed by atoms with Gasteiger partial charge in [-0.1, -0.05) is 18.2 Å². The second-order valence-electron chi connectivity index (χ2n) is 6.08. The van der Waals surface area contributed by atoms with Crippen LogP contribution >= 0.6 is 0 Å². The van der Waals surface area contributed by atoms with Crippen LogP contribution in [0.3, 0.4) is 0 Å². The molecule has 1 heterocycles. The topological polar surface area (TPSA) is 68.6 Å². The molecule has 7 nitrogen and oxygen atoms in total. The van der Waals surface area contributed by atoms with E-state index >= 15 is 0 Å². The summed E-state index contributed by atoms with van der Waals surface area (Å²) in [5.41, 5.74) is 5.40. The maximum absolute atomic E-state index is 12.7. The van der Waals surface area contributed by atoms with Crippen LogP contribution in [0.25, 0.3) is 16.9 Å². The van der Waals surface area contributed by atoms with Crippen LogP contribution in [0.15, 0.2) is 54.7 Å². The van der Waals surface area contributed by atoms with Crippen LogP contribution in [0.5, 0.6) is 11.5 Å². The van der Waals surface area contributed by atoms with Crippen LogP contribution in [-0.2, 0) is 0 Å². The Morgan fingerprint density at radius 2 is 1.74 bits per heavy atom. The van der Waals surface area contributed by atoms with Gasteiger partial charge in [0.25, 0.3) is 5.91 Å². The van der Waals surface area contributed by atoms with E-state index in [2.05, 4.69) is 10.5 Å². The number of rotatable bonds is 6. The van der Waals surface area contributed by atoms with Crippen molar-refractivity contribution in [3.8, 4) is 28.4 Å². The number of amides is 1. The van der Waals surface area contributed by atoms with Gasteiger partial charge in [-0.25, -0.2) is 9.69 Å². The minimum atomic E-state index is -0.244.